The Balaban J connectivity index is 2.30. The summed E-state index contributed by atoms with van der Waals surface area (Å²) in [7, 11) is 0. The van der Waals surface area contributed by atoms with E-state index in [9.17, 15) is 4.79 Å². The van der Waals surface area contributed by atoms with Crippen LogP contribution in [0.25, 0.3) is 0 Å². The highest BCUT2D eigenvalue weighted by atomic mass is 16.1. The van der Waals surface area contributed by atoms with E-state index in [4.69, 9.17) is 11.5 Å². The van der Waals surface area contributed by atoms with Crippen molar-refractivity contribution in [1.82, 2.24) is 4.98 Å². The number of rotatable bonds is 3. The first-order valence-corrected chi connectivity index (χ1v) is 5.46. The number of nitrogens with one attached hydrogen (secondary N) is 1. The molecule has 0 unspecified atom stereocenters. The summed E-state index contributed by atoms with van der Waals surface area (Å²) < 4.78 is 0. The summed E-state index contributed by atoms with van der Waals surface area (Å²) in [4.78, 5) is 15.2. The number of anilines is 3. The van der Waals surface area contributed by atoms with Gasteiger partial charge < -0.3 is 16.8 Å². The number of hydrogen-bond donors (Lipinski definition) is 3. The second-order valence-electron chi connectivity index (χ2n) is 3.93. The fourth-order valence-corrected chi connectivity index (χ4v) is 1.59. The number of pyridine rings is 1. The lowest BCUT2D eigenvalue weighted by atomic mass is 10.1. The van der Waals surface area contributed by atoms with Crippen LogP contribution in [0.15, 0.2) is 36.5 Å². The molecular weight excluding hydrogens is 228 g/mol. The number of carbonyl (C=O) groups is 1. The van der Waals surface area contributed by atoms with Gasteiger partial charge in [-0.1, -0.05) is 0 Å². The van der Waals surface area contributed by atoms with Crippen LogP contribution >= 0.6 is 0 Å². The summed E-state index contributed by atoms with van der Waals surface area (Å²) >= 11 is 0. The third-order valence-electron chi connectivity index (χ3n) is 2.61. The van der Waals surface area contributed by atoms with Gasteiger partial charge in [-0.25, -0.2) is 0 Å². The number of carbonyl (C=O) groups excluding carboxylic acids is 1. The summed E-state index contributed by atoms with van der Waals surface area (Å²) in [5.41, 5.74) is 14.4. The zero-order chi connectivity index (χ0) is 13.1. The number of nitrogen functional groups attached to an aromatic ring is 1. The maximum Gasteiger partial charge on any atom is 0.248 e. The Bertz CT molecular complexity index is 595. The van der Waals surface area contributed by atoms with Gasteiger partial charge in [-0.05, 0) is 37.3 Å². The topological polar surface area (TPSA) is 94.0 Å². The number of aryl methyl sites for hydroxylation is 1. The quantitative estimate of drug-likeness (QED) is 0.715. The van der Waals surface area contributed by atoms with E-state index in [1.54, 1.807) is 24.4 Å². The highest BCUT2D eigenvalue weighted by Crippen LogP contribution is 2.25. The summed E-state index contributed by atoms with van der Waals surface area (Å²) in [5, 5.41) is 3.17. The largest absolute Gasteiger partial charge is 0.397 e. The van der Waals surface area contributed by atoms with Crippen molar-refractivity contribution < 1.29 is 4.79 Å². The first kappa shape index (κ1) is 11.9. The van der Waals surface area contributed by atoms with E-state index in [-0.39, 0.29) is 0 Å². The Morgan fingerprint density at radius 1 is 1.28 bits per heavy atom. The summed E-state index contributed by atoms with van der Waals surface area (Å²) in [5.74, 6) is -0.495. The lowest BCUT2D eigenvalue weighted by Gasteiger charge is -2.11. The lowest BCUT2D eigenvalue weighted by molar-refractivity contribution is 0.100. The smallest absolute Gasteiger partial charge is 0.248 e. The van der Waals surface area contributed by atoms with E-state index >= 15 is 0 Å². The molecule has 1 aromatic heterocycles. The number of hydrogen-bond acceptors (Lipinski definition) is 4. The molecule has 0 spiro atoms. The number of benzene rings is 1. The van der Waals surface area contributed by atoms with Crippen molar-refractivity contribution in [2.24, 2.45) is 5.73 Å². The van der Waals surface area contributed by atoms with Crippen molar-refractivity contribution in [3.05, 3.63) is 47.8 Å². The molecule has 1 amide bonds. The Kier molecular flexibility index (Phi) is 3.14. The zero-order valence-electron chi connectivity index (χ0n) is 9.97. The summed E-state index contributed by atoms with van der Waals surface area (Å²) in [6.07, 6.45) is 1.72. The van der Waals surface area contributed by atoms with Crippen molar-refractivity contribution >= 4 is 23.0 Å². The monoisotopic (exact) mass is 242 g/mol. The highest BCUT2D eigenvalue weighted by molar-refractivity contribution is 5.95. The predicted octanol–water partition coefficient (Wildman–Crippen LogP) is 1.81. The Labute approximate surface area is 105 Å². The van der Waals surface area contributed by atoms with Crippen LogP contribution in [0.5, 0.6) is 0 Å². The van der Waals surface area contributed by atoms with Crippen LogP contribution in [0.1, 0.15) is 16.1 Å². The van der Waals surface area contributed by atoms with Gasteiger partial charge in [0, 0.05) is 11.8 Å². The normalized spacial score (nSPS) is 10.1. The second kappa shape index (κ2) is 4.75. The average molecular weight is 242 g/mol. The van der Waals surface area contributed by atoms with Gasteiger partial charge in [-0.15, -0.1) is 0 Å². The fraction of sp³-hybridized carbons (Fsp3) is 0.0769. The van der Waals surface area contributed by atoms with Crippen LogP contribution in [0.3, 0.4) is 0 Å². The van der Waals surface area contributed by atoms with E-state index in [2.05, 4.69) is 10.3 Å². The van der Waals surface area contributed by atoms with Crippen molar-refractivity contribution in [3.63, 3.8) is 0 Å². The number of aromatic nitrogens is 1. The molecule has 0 atom stereocenters. The highest BCUT2D eigenvalue weighted by Gasteiger charge is 2.06. The van der Waals surface area contributed by atoms with Crippen LogP contribution in [0.2, 0.25) is 0 Å². The Morgan fingerprint density at radius 2 is 2.06 bits per heavy atom. The van der Waals surface area contributed by atoms with E-state index < -0.39 is 5.91 Å². The molecule has 0 aliphatic heterocycles. The first-order valence-electron chi connectivity index (χ1n) is 5.46. The van der Waals surface area contributed by atoms with Gasteiger partial charge in [-0.3, -0.25) is 9.78 Å². The standard InChI is InChI=1S/C13H14N4O/c1-8-11(3-2-6-16-8)17-12-5-4-9(13(15)18)7-10(12)14/h2-7,17H,14H2,1H3,(H2,15,18). The van der Waals surface area contributed by atoms with Gasteiger partial charge in [-0.2, -0.15) is 0 Å². The predicted molar refractivity (Wildman–Crippen MR) is 71.6 cm³/mol. The SMILES string of the molecule is Cc1ncccc1Nc1ccc(C(N)=O)cc1N. The molecule has 2 rings (SSSR count). The van der Waals surface area contributed by atoms with Gasteiger partial charge in [0.1, 0.15) is 0 Å². The van der Waals surface area contributed by atoms with Crippen LogP contribution in [-0.4, -0.2) is 10.9 Å². The van der Waals surface area contributed by atoms with Crippen molar-refractivity contribution in [2.75, 3.05) is 11.1 Å². The van der Waals surface area contributed by atoms with Gasteiger partial charge >= 0.3 is 0 Å². The van der Waals surface area contributed by atoms with E-state index in [0.717, 1.165) is 17.1 Å². The molecule has 5 nitrogen and oxygen atoms in total. The maximum atomic E-state index is 11.0. The molecule has 0 bridgehead atoms. The minimum atomic E-state index is -0.495. The van der Waals surface area contributed by atoms with E-state index in [1.807, 2.05) is 19.1 Å². The molecule has 0 aliphatic carbocycles. The van der Waals surface area contributed by atoms with Crippen LogP contribution in [0.4, 0.5) is 17.1 Å². The molecule has 5 N–H and O–H groups in total. The van der Waals surface area contributed by atoms with Crippen molar-refractivity contribution in [3.8, 4) is 0 Å². The van der Waals surface area contributed by atoms with Gasteiger partial charge in [0.2, 0.25) is 5.91 Å². The summed E-state index contributed by atoms with van der Waals surface area (Å²) in [6, 6.07) is 8.65. The van der Waals surface area contributed by atoms with Crippen LogP contribution < -0.4 is 16.8 Å². The molecule has 5 heteroatoms. The van der Waals surface area contributed by atoms with Gasteiger partial charge in [0.25, 0.3) is 0 Å². The third-order valence-corrected chi connectivity index (χ3v) is 2.61. The molecule has 0 aliphatic rings. The number of amides is 1. The Morgan fingerprint density at radius 3 is 2.67 bits per heavy atom. The van der Waals surface area contributed by atoms with E-state index in [1.165, 1.54) is 0 Å². The van der Waals surface area contributed by atoms with Gasteiger partial charge in [0.05, 0.1) is 22.8 Å². The molecule has 0 saturated carbocycles. The molecular formula is C13H14N4O. The maximum absolute atomic E-state index is 11.0. The summed E-state index contributed by atoms with van der Waals surface area (Å²) in [6.45, 7) is 1.90. The Hall–Kier alpha value is -2.56. The first-order chi connectivity index (χ1) is 8.58. The van der Waals surface area contributed by atoms with Crippen molar-refractivity contribution in [2.45, 2.75) is 6.92 Å². The minimum Gasteiger partial charge on any atom is -0.397 e. The van der Waals surface area contributed by atoms with Crippen molar-refractivity contribution in [1.29, 1.82) is 0 Å². The van der Waals surface area contributed by atoms with Gasteiger partial charge in [0.15, 0.2) is 0 Å². The molecule has 0 saturated heterocycles. The molecule has 92 valence electrons. The fourth-order valence-electron chi connectivity index (χ4n) is 1.59. The number of nitrogens with two attached hydrogens (primary N) is 2. The third kappa shape index (κ3) is 2.40. The van der Waals surface area contributed by atoms with E-state index in [0.29, 0.717) is 11.3 Å². The number of primary amides is 1. The number of nitrogens with zero attached hydrogens (tertiary/aromatic N) is 1. The minimum absolute atomic E-state index is 0.390. The molecule has 2 aromatic rings. The molecule has 1 heterocycles. The molecule has 0 fully saturated rings. The molecule has 18 heavy (non-hydrogen) atoms. The van der Waals surface area contributed by atoms with Crippen LogP contribution in [0, 0.1) is 6.92 Å². The average Bonchev–Trinajstić information content (AvgIpc) is 2.34. The second-order valence-corrected chi connectivity index (χ2v) is 3.93. The molecule has 1 aromatic carbocycles. The van der Waals surface area contributed by atoms with Crippen LogP contribution in [-0.2, 0) is 0 Å². The zero-order valence-corrected chi connectivity index (χ0v) is 9.97. The molecule has 0 radical (unpaired) electrons. The lowest BCUT2D eigenvalue weighted by Crippen LogP contribution is -2.11.